The predicted molar refractivity (Wildman–Crippen MR) is 142 cm³/mol. The Balaban J connectivity index is 2.00. The summed E-state index contributed by atoms with van der Waals surface area (Å²) in [5.74, 6) is -0.998. The Bertz CT molecular complexity index is 1160. The molecule has 3 aromatic rings. The van der Waals surface area contributed by atoms with Gasteiger partial charge in [0.2, 0.25) is 5.91 Å². The van der Waals surface area contributed by atoms with E-state index in [-0.39, 0.29) is 24.0 Å². The van der Waals surface area contributed by atoms with E-state index in [1.54, 1.807) is 18.7 Å². The molecule has 6 nitrogen and oxygen atoms in total. The van der Waals surface area contributed by atoms with E-state index in [1.807, 2.05) is 74.5 Å². The van der Waals surface area contributed by atoms with Gasteiger partial charge in [-0.2, -0.15) is 0 Å². The summed E-state index contributed by atoms with van der Waals surface area (Å²) in [5, 5.41) is 2.72. The van der Waals surface area contributed by atoms with Gasteiger partial charge in [0, 0.05) is 18.0 Å². The molecule has 8 heteroatoms. The lowest BCUT2D eigenvalue weighted by molar-refractivity contribution is -0.115. The molecular weight excluding hydrogens is 480 g/mol. The number of esters is 1. The van der Waals surface area contributed by atoms with Crippen molar-refractivity contribution in [3.63, 3.8) is 0 Å². The number of benzene rings is 2. The average molecular weight is 511 g/mol. The molecule has 1 aromatic heterocycles. The first-order chi connectivity index (χ1) is 16.9. The summed E-state index contributed by atoms with van der Waals surface area (Å²) in [6, 6.07) is 19.2. The van der Waals surface area contributed by atoms with Gasteiger partial charge < -0.3 is 15.0 Å². The third-order valence-corrected chi connectivity index (χ3v) is 7.91. The number of thioether (sulfide) groups is 1. The third-order valence-electron chi connectivity index (χ3n) is 5.45. The standard InChI is InChI=1S/C27H30N2O4S2/c1-5-29(6-2)26(31)22-18(4)21(27(32)33-7-3)25(35-22)28-24(30)23(19-14-10-8-11-15-19)34-20-16-12-9-13-17-20/h8-17,23H,5-7H2,1-4H3,(H,28,30). The summed E-state index contributed by atoms with van der Waals surface area (Å²) in [7, 11) is 0. The SMILES string of the molecule is CCOC(=O)c1c(NC(=O)C(Sc2ccccc2)c2ccccc2)sc(C(=O)N(CC)CC)c1C. The fourth-order valence-corrected chi connectivity index (χ4v) is 5.83. The molecular formula is C27H30N2O4S2. The van der Waals surface area contributed by atoms with Gasteiger partial charge in [0.1, 0.15) is 10.3 Å². The van der Waals surface area contributed by atoms with Gasteiger partial charge in [-0.25, -0.2) is 4.79 Å². The van der Waals surface area contributed by atoms with E-state index in [1.165, 1.54) is 11.8 Å². The molecule has 0 spiro atoms. The first-order valence-electron chi connectivity index (χ1n) is 11.6. The lowest BCUT2D eigenvalue weighted by atomic mass is 10.1. The van der Waals surface area contributed by atoms with Crippen LogP contribution < -0.4 is 5.32 Å². The molecule has 0 bridgehead atoms. The van der Waals surface area contributed by atoms with E-state index in [9.17, 15) is 14.4 Å². The Morgan fingerprint density at radius 2 is 1.57 bits per heavy atom. The summed E-state index contributed by atoms with van der Waals surface area (Å²) < 4.78 is 5.26. The molecule has 2 amide bonds. The first kappa shape index (κ1) is 26.5. The van der Waals surface area contributed by atoms with Crippen LogP contribution in [0.1, 0.15) is 57.2 Å². The maximum atomic E-state index is 13.6. The van der Waals surface area contributed by atoms with Crippen molar-refractivity contribution < 1.29 is 19.1 Å². The Morgan fingerprint density at radius 3 is 2.14 bits per heavy atom. The van der Waals surface area contributed by atoms with Crippen molar-refractivity contribution in [1.29, 1.82) is 0 Å². The topological polar surface area (TPSA) is 75.7 Å². The molecule has 184 valence electrons. The average Bonchev–Trinajstić information content (AvgIpc) is 3.19. The van der Waals surface area contributed by atoms with Crippen molar-refractivity contribution in [3.05, 3.63) is 82.2 Å². The zero-order valence-corrected chi connectivity index (χ0v) is 22.0. The number of thiophene rings is 1. The highest BCUT2D eigenvalue weighted by Crippen LogP contribution is 2.39. The highest BCUT2D eigenvalue weighted by molar-refractivity contribution is 8.00. The Hall–Kier alpha value is -3.10. The molecule has 0 radical (unpaired) electrons. The van der Waals surface area contributed by atoms with Gasteiger partial charge in [0.25, 0.3) is 5.91 Å². The number of rotatable bonds is 10. The number of hydrogen-bond acceptors (Lipinski definition) is 6. The fraction of sp³-hybridized carbons (Fsp3) is 0.296. The molecule has 0 saturated heterocycles. The molecule has 1 unspecified atom stereocenters. The van der Waals surface area contributed by atoms with E-state index in [2.05, 4.69) is 5.32 Å². The monoisotopic (exact) mass is 510 g/mol. The van der Waals surface area contributed by atoms with Crippen LogP contribution in [0.5, 0.6) is 0 Å². The molecule has 0 fully saturated rings. The number of amides is 2. The zero-order chi connectivity index (χ0) is 25.4. The predicted octanol–water partition coefficient (Wildman–Crippen LogP) is 6.19. The van der Waals surface area contributed by atoms with Crippen molar-refractivity contribution in [2.45, 2.75) is 37.8 Å². The van der Waals surface area contributed by atoms with Crippen LogP contribution in [-0.4, -0.2) is 42.4 Å². The van der Waals surface area contributed by atoms with Crippen LogP contribution in [0.2, 0.25) is 0 Å². The van der Waals surface area contributed by atoms with Gasteiger partial charge in [-0.05, 0) is 51.0 Å². The number of ether oxygens (including phenoxy) is 1. The second kappa shape index (κ2) is 12.6. The zero-order valence-electron chi connectivity index (χ0n) is 20.4. The van der Waals surface area contributed by atoms with E-state index in [0.29, 0.717) is 28.5 Å². The van der Waals surface area contributed by atoms with Crippen LogP contribution in [-0.2, 0) is 9.53 Å². The molecule has 1 heterocycles. The highest BCUT2D eigenvalue weighted by atomic mass is 32.2. The van der Waals surface area contributed by atoms with E-state index < -0.39 is 11.2 Å². The number of nitrogens with one attached hydrogen (secondary N) is 1. The van der Waals surface area contributed by atoms with Gasteiger partial charge in [-0.1, -0.05) is 48.5 Å². The Kier molecular flexibility index (Phi) is 9.51. The number of carbonyl (C=O) groups excluding carboxylic acids is 3. The van der Waals surface area contributed by atoms with E-state index >= 15 is 0 Å². The van der Waals surface area contributed by atoms with Crippen LogP contribution in [0.3, 0.4) is 0 Å². The van der Waals surface area contributed by atoms with Crippen molar-refractivity contribution in [3.8, 4) is 0 Å². The minimum atomic E-state index is -0.557. The summed E-state index contributed by atoms with van der Waals surface area (Å²) in [4.78, 5) is 42.7. The van der Waals surface area contributed by atoms with Gasteiger partial charge in [-0.15, -0.1) is 23.1 Å². The maximum absolute atomic E-state index is 13.6. The van der Waals surface area contributed by atoms with Crippen LogP contribution >= 0.6 is 23.1 Å². The number of anilines is 1. The van der Waals surface area contributed by atoms with E-state index in [0.717, 1.165) is 21.8 Å². The van der Waals surface area contributed by atoms with Crippen molar-refractivity contribution in [2.75, 3.05) is 25.0 Å². The fourth-order valence-electron chi connectivity index (χ4n) is 3.62. The van der Waals surface area contributed by atoms with Gasteiger partial charge in [-0.3, -0.25) is 9.59 Å². The van der Waals surface area contributed by atoms with Crippen LogP contribution in [0, 0.1) is 6.92 Å². The smallest absolute Gasteiger partial charge is 0.341 e. The normalized spacial score (nSPS) is 11.5. The van der Waals surface area contributed by atoms with Gasteiger partial charge in [0.05, 0.1) is 17.0 Å². The molecule has 0 aliphatic heterocycles. The van der Waals surface area contributed by atoms with Gasteiger partial charge in [0.15, 0.2) is 0 Å². The lowest BCUT2D eigenvalue weighted by Crippen LogP contribution is -2.30. The molecule has 2 aromatic carbocycles. The summed E-state index contributed by atoms with van der Waals surface area (Å²) in [5.41, 5.74) is 1.59. The third kappa shape index (κ3) is 6.32. The van der Waals surface area contributed by atoms with Crippen molar-refractivity contribution in [1.82, 2.24) is 4.90 Å². The van der Waals surface area contributed by atoms with E-state index in [4.69, 9.17) is 4.74 Å². The number of nitrogens with zero attached hydrogens (tertiary/aromatic N) is 1. The Morgan fingerprint density at radius 1 is 0.971 bits per heavy atom. The summed E-state index contributed by atoms with van der Waals surface area (Å²) in [6.45, 7) is 8.55. The molecule has 0 aliphatic carbocycles. The van der Waals surface area contributed by atoms with Crippen molar-refractivity contribution >= 4 is 45.9 Å². The second-order valence-corrected chi connectivity index (χ2v) is 9.87. The molecule has 0 saturated carbocycles. The minimum Gasteiger partial charge on any atom is -0.462 e. The molecule has 35 heavy (non-hydrogen) atoms. The molecule has 0 aliphatic rings. The molecule has 1 N–H and O–H groups in total. The second-order valence-electron chi connectivity index (χ2n) is 7.67. The van der Waals surface area contributed by atoms with Crippen LogP contribution in [0.4, 0.5) is 5.00 Å². The molecule has 1 atom stereocenters. The van der Waals surface area contributed by atoms with Crippen LogP contribution in [0.15, 0.2) is 65.6 Å². The first-order valence-corrected chi connectivity index (χ1v) is 13.3. The lowest BCUT2D eigenvalue weighted by Gasteiger charge is -2.18. The molecule has 3 rings (SSSR count). The maximum Gasteiger partial charge on any atom is 0.341 e. The number of hydrogen-bond donors (Lipinski definition) is 1. The Labute approximate surface area is 214 Å². The largest absolute Gasteiger partial charge is 0.462 e. The highest BCUT2D eigenvalue weighted by Gasteiger charge is 2.30. The summed E-state index contributed by atoms with van der Waals surface area (Å²) >= 11 is 2.55. The number of carbonyl (C=O) groups is 3. The minimum absolute atomic E-state index is 0.165. The van der Waals surface area contributed by atoms with Crippen LogP contribution in [0.25, 0.3) is 0 Å². The van der Waals surface area contributed by atoms with Gasteiger partial charge >= 0.3 is 5.97 Å². The quantitative estimate of drug-likeness (QED) is 0.260. The summed E-state index contributed by atoms with van der Waals surface area (Å²) in [6.07, 6.45) is 0. The van der Waals surface area contributed by atoms with Crippen molar-refractivity contribution in [2.24, 2.45) is 0 Å².